The molecule has 0 saturated heterocycles. The summed E-state index contributed by atoms with van der Waals surface area (Å²) in [5.41, 5.74) is -1.04. The second kappa shape index (κ2) is 3.80. The van der Waals surface area contributed by atoms with Crippen LogP contribution in [0.25, 0.3) is 0 Å². The summed E-state index contributed by atoms with van der Waals surface area (Å²) in [6.07, 6.45) is -3.58. The number of rotatable bonds is 2. The van der Waals surface area contributed by atoms with Crippen LogP contribution in [0.15, 0.2) is 12.4 Å². The molecule has 9 heteroatoms. The maximum absolute atomic E-state index is 12.0. The second-order valence-corrected chi connectivity index (χ2v) is 2.20. The molecule has 0 unspecified atom stereocenters. The summed E-state index contributed by atoms with van der Waals surface area (Å²) in [6, 6.07) is -0.548. The lowest BCUT2D eigenvalue weighted by atomic mass is 10.3. The zero-order chi connectivity index (χ0) is 10.8. The van der Waals surface area contributed by atoms with Crippen LogP contribution in [0, 0.1) is 0 Å². The van der Waals surface area contributed by atoms with Gasteiger partial charge in [0.05, 0.1) is 5.56 Å². The second-order valence-electron chi connectivity index (χ2n) is 2.20. The molecule has 14 heavy (non-hydrogen) atoms. The van der Waals surface area contributed by atoms with Crippen molar-refractivity contribution in [2.24, 2.45) is 0 Å². The van der Waals surface area contributed by atoms with Gasteiger partial charge in [-0.1, -0.05) is 0 Å². The summed E-state index contributed by atoms with van der Waals surface area (Å²) in [6.45, 7) is 0. The van der Waals surface area contributed by atoms with Crippen LogP contribution in [0.5, 0.6) is 6.01 Å². The highest BCUT2D eigenvalue weighted by molar-refractivity contribution is 6.33. The van der Waals surface area contributed by atoms with Gasteiger partial charge in [0, 0.05) is 12.4 Å². The Morgan fingerprint density at radius 1 is 1.21 bits per heavy atom. The van der Waals surface area contributed by atoms with Gasteiger partial charge in [0.1, 0.15) is 0 Å². The average Bonchev–Trinajstić information content (AvgIpc) is 2.02. The largest absolute Gasteiger partial charge is 0.709 e. The SMILES string of the molecule is OB(O)Oc1ncc(C(F)(F)F)cn1. The van der Waals surface area contributed by atoms with Crippen LogP contribution in [-0.2, 0) is 6.18 Å². The molecule has 76 valence electrons. The lowest BCUT2D eigenvalue weighted by Gasteiger charge is -2.06. The van der Waals surface area contributed by atoms with Crippen LogP contribution in [0.1, 0.15) is 5.56 Å². The lowest BCUT2D eigenvalue weighted by molar-refractivity contribution is -0.138. The van der Waals surface area contributed by atoms with Gasteiger partial charge in [-0.2, -0.15) is 13.2 Å². The molecule has 0 bridgehead atoms. The number of halogens is 3. The first kappa shape index (κ1) is 10.7. The molecule has 0 radical (unpaired) electrons. The Bertz CT molecular complexity index is 302. The van der Waals surface area contributed by atoms with E-state index >= 15 is 0 Å². The Hall–Kier alpha value is -1.35. The number of hydrogen-bond donors (Lipinski definition) is 2. The van der Waals surface area contributed by atoms with Gasteiger partial charge >= 0.3 is 19.5 Å². The zero-order valence-corrected chi connectivity index (χ0v) is 6.56. The van der Waals surface area contributed by atoms with Crippen LogP contribution >= 0.6 is 0 Å². The monoisotopic (exact) mass is 208 g/mol. The molecule has 0 aliphatic carbocycles. The highest BCUT2D eigenvalue weighted by Gasteiger charge is 2.31. The molecule has 0 saturated carbocycles. The van der Waals surface area contributed by atoms with E-state index in [1.54, 1.807) is 0 Å². The third kappa shape index (κ3) is 2.85. The summed E-state index contributed by atoms with van der Waals surface area (Å²) in [5, 5.41) is 16.5. The molecule has 2 N–H and O–H groups in total. The normalized spacial score (nSPS) is 11.2. The van der Waals surface area contributed by atoms with Crippen molar-refractivity contribution in [3.05, 3.63) is 18.0 Å². The van der Waals surface area contributed by atoms with Gasteiger partial charge in [-0.25, -0.2) is 9.97 Å². The maximum atomic E-state index is 12.0. The van der Waals surface area contributed by atoms with E-state index in [0.29, 0.717) is 12.4 Å². The Morgan fingerprint density at radius 2 is 1.71 bits per heavy atom. The Kier molecular flexibility index (Phi) is 2.92. The van der Waals surface area contributed by atoms with E-state index in [0.717, 1.165) is 0 Å². The third-order valence-electron chi connectivity index (χ3n) is 1.17. The van der Waals surface area contributed by atoms with Gasteiger partial charge in [-0.3, -0.25) is 0 Å². The van der Waals surface area contributed by atoms with E-state index in [9.17, 15) is 13.2 Å². The first-order valence-corrected chi connectivity index (χ1v) is 3.31. The van der Waals surface area contributed by atoms with Gasteiger partial charge < -0.3 is 14.7 Å². The Morgan fingerprint density at radius 3 is 2.07 bits per heavy atom. The fraction of sp³-hybridized carbons (Fsp3) is 0.200. The van der Waals surface area contributed by atoms with E-state index in [4.69, 9.17) is 10.0 Å². The lowest BCUT2D eigenvalue weighted by Crippen LogP contribution is -2.22. The van der Waals surface area contributed by atoms with Gasteiger partial charge in [-0.05, 0) is 0 Å². The van der Waals surface area contributed by atoms with Gasteiger partial charge in [0.25, 0.3) is 0 Å². The zero-order valence-electron chi connectivity index (χ0n) is 6.56. The summed E-state index contributed by atoms with van der Waals surface area (Å²) >= 11 is 0. The first-order chi connectivity index (χ1) is 6.39. The molecular formula is C5H4BF3N2O3. The molecule has 1 aromatic rings. The summed E-state index contributed by atoms with van der Waals surface area (Å²) in [5.74, 6) is 0. The van der Waals surface area contributed by atoms with Crippen molar-refractivity contribution in [2.45, 2.75) is 6.18 Å². The predicted molar refractivity (Wildman–Crippen MR) is 37.9 cm³/mol. The summed E-state index contributed by atoms with van der Waals surface area (Å²) < 4.78 is 40.0. The molecule has 5 nitrogen and oxygen atoms in total. The molecule has 0 aromatic carbocycles. The predicted octanol–water partition coefficient (Wildman–Crippen LogP) is -0.156. The molecule has 0 spiro atoms. The topological polar surface area (TPSA) is 75.5 Å². The molecular weight excluding hydrogens is 204 g/mol. The fourth-order valence-corrected chi connectivity index (χ4v) is 0.618. The van der Waals surface area contributed by atoms with Crippen LogP contribution in [0.4, 0.5) is 13.2 Å². The summed E-state index contributed by atoms with van der Waals surface area (Å²) in [4.78, 5) is 6.22. The molecule has 0 aliphatic heterocycles. The van der Waals surface area contributed by atoms with Gasteiger partial charge in [0.2, 0.25) is 0 Å². The van der Waals surface area contributed by atoms with Crippen LogP contribution in [-0.4, -0.2) is 27.3 Å². The van der Waals surface area contributed by atoms with Gasteiger partial charge in [-0.15, -0.1) is 0 Å². The molecule has 0 atom stereocenters. The van der Waals surface area contributed by atoms with E-state index in [-0.39, 0.29) is 0 Å². The average molecular weight is 208 g/mol. The third-order valence-corrected chi connectivity index (χ3v) is 1.17. The molecule has 0 fully saturated rings. The summed E-state index contributed by atoms with van der Waals surface area (Å²) in [7, 11) is -2.16. The quantitative estimate of drug-likeness (QED) is 0.660. The highest BCUT2D eigenvalue weighted by atomic mass is 19.4. The van der Waals surface area contributed by atoms with Crippen molar-refractivity contribution < 1.29 is 27.9 Å². The Balaban J connectivity index is 2.79. The maximum Gasteiger partial charge on any atom is 0.709 e. The molecule has 0 amide bonds. The van der Waals surface area contributed by atoms with E-state index in [2.05, 4.69) is 14.6 Å². The fourth-order valence-electron chi connectivity index (χ4n) is 0.618. The van der Waals surface area contributed by atoms with E-state index in [1.165, 1.54) is 0 Å². The number of nitrogens with zero attached hydrogens (tertiary/aromatic N) is 2. The van der Waals surface area contributed by atoms with Crippen molar-refractivity contribution in [2.75, 3.05) is 0 Å². The van der Waals surface area contributed by atoms with E-state index < -0.39 is 25.1 Å². The van der Waals surface area contributed by atoms with Crippen LogP contribution in [0.3, 0.4) is 0 Å². The number of alkyl halides is 3. The number of hydrogen-bond acceptors (Lipinski definition) is 5. The van der Waals surface area contributed by atoms with Crippen molar-refractivity contribution in [1.82, 2.24) is 9.97 Å². The molecule has 1 heterocycles. The van der Waals surface area contributed by atoms with Crippen molar-refractivity contribution in [3.63, 3.8) is 0 Å². The first-order valence-electron chi connectivity index (χ1n) is 3.31. The van der Waals surface area contributed by atoms with Crippen molar-refractivity contribution in [1.29, 1.82) is 0 Å². The minimum absolute atomic E-state index is 0.477. The standard InChI is InChI=1S/C5H4BF3N2O3/c7-5(8,9)3-1-10-4(11-2-3)14-6(12)13/h1-2,12-13H. The molecule has 1 aromatic heterocycles. The van der Waals surface area contributed by atoms with Crippen LogP contribution < -0.4 is 4.65 Å². The minimum atomic E-state index is -4.53. The Labute approximate surface area is 76.4 Å². The molecule has 0 aliphatic rings. The van der Waals surface area contributed by atoms with E-state index in [1.807, 2.05) is 0 Å². The van der Waals surface area contributed by atoms with Crippen molar-refractivity contribution >= 4 is 7.32 Å². The van der Waals surface area contributed by atoms with Crippen molar-refractivity contribution in [3.8, 4) is 6.01 Å². The highest BCUT2D eigenvalue weighted by Crippen LogP contribution is 2.28. The smallest absolute Gasteiger partial charge is 0.483 e. The van der Waals surface area contributed by atoms with Crippen LogP contribution in [0.2, 0.25) is 0 Å². The van der Waals surface area contributed by atoms with Gasteiger partial charge in [0.15, 0.2) is 0 Å². The molecule has 1 rings (SSSR count). The number of aromatic nitrogens is 2. The minimum Gasteiger partial charge on any atom is -0.483 e.